The first-order chi connectivity index (χ1) is 12.7. The van der Waals surface area contributed by atoms with Gasteiger partial charge in [0.1, 0.15) is 12.1 Å². The second kappa shape index (κ2) is 6.01. The molecule has 0 spiro atoms. The van der Waals surface area contributed by atoms with Crippen LogP contribution in [0.1, 0.15) is 10.4 Å². The van der Waals surface area contributed by atoms with Crippen LogP contribution in [0.3, 0.4) is 0 Å². The normalized spacial score (nSPS) is 22.2. The summed E-state index contributed by atoms with van der Waals surface area (Å²) >= 11 is 3.38. The number of rotatable bonds is 2. The largest absolute Gasteiger partial charge is 0.354 e. The molecule has 9 heteroatoms. The number of pyridine rings is 1. The molecule has 5 heterocycles. The number of aromatic nitrogens is 5. The van der Waals surface area contributed by atoms with Gasteiger partial charge in [0, 0.05) is 54.9 Å². The molecule has 8 nitrogen and oxygen atoms in total. The zero-order valence-electron chi connectivity index (χ0n) is 13.9. The van der Waals surface area contributed by atoms with Gasteiger partial charge in [-0.15, -0.1) is 15.3 Å². The highest BCUT2D eigenvalue weighted by Crippen LogP contribution is 2.34. The highest BCUT2D eigenvalue weighted by Gasteiger charge is 2.42. The van der Waals surface area contributed by atoms with E-state index in [0.717, 1.165) is 42.1 Å². The first-order valence-electron chi connectivity index (χ1n) is 8.49. The maximum atomic E-state index is 12.7. The molecule has 0 saturated carbocycles. The molecule has 5 rings (SSSR count). The summed E-state index contributed by atoms with van der Waals surface area (Å²) in [5.74, 6) is 1.93. The first-order valence-corrected chi connectivity index (χ1v) is 9.28. The average molecular weight is 414 g/mol. The highest BCUT2D eigenvalue weighted by molar-refractivity contribution is 9.10. The minimum Gasteiger partial charge on any atom is -0.354 e. The quantitative estimate of drug-likeness (QED) is 0.633. The van der Waals surface area contributed by atoms with Gasteiger partial charge in [-0.05, 0) is 34.1 Å². The Hall–Kier alpha value is -2.55. The van der Waals surface area contributed by atoms with Crippen molar-refractivity contribution in [1.82, 2.24) is 29.7 Å². The Kier molecular flexibility index (Phi) is 3.63. The standard InChI is InChI=1S/C17H16BrN7O/c18-14-3-11(4-19-5-14)17(26)24-8-12-6-23(7-13(12)9-24)16-2-1-15-21-20-10-25(15)22-16/h1-5,10,12-13H,6-9H2. The van der Waals surface area contributed by atoms with E-state index in [4.69, 9.17) is 0 Å². The number of anilines is 1. The third-order valence-electron chi connectivity index (χ3n) is 5.20. The molecule has 0 aliphatic carbocycles. The van der Waals surface area contributed by atoms with E-state index < -0.39 is 0 Å². The van der Waals surface area contributed by atoms with E-state index in [-0.39, 0.29) is 5.91 Å². The molecular formula is C17H16BrN7O. The van der Waals surface area contributed by atoms with Crippen LogP contribution < -0.4 is 4.90 Å². The van der Waals surface area contributed by atoms with E-state index in [2.05, 4.69) is 41.1 Å². The van der Waals surface area contributed by atoms with Crippen molar-refractivity contribution in [2.24, 2.45) is 11.8 Å². The molecule has 2 atom stereocenters. The van der Waals surface area contributed by atoms with Crippen molar-refractivity contribution in [2.75, 3.05) is 31.1 Å². The van der Waals surface area contributed by atoms with Gasteiger partial charge in [0.05, 0.1) is 5.56 Å². The molecule has 0 bridgehead atoms. The number of halogens is 1. The first kappa shape index (κ1) is 15.7. The van der Waals surface area contributed by atoms with Crippen LogP contribution in [0.2, 0.25) is 0 Å². The van der Waals surface area contributed by atoms with Crippen molar-refractivity contribution in [3.05, 3.63) is 47.0 Å². The summed E-state index contributed by atoms with van der Waals surface area (Å²) in [6.07, 6.45) is 4.93. The number of nitrogens with zero attached hydrogens (tertiary/aromatic N) is 7. The third-order valence-corrected chi connectivity index (χ3v) is 5.63. The molecular weight excluding hydrogens is 398 g/mol. The van der Waals surface area contributed by atoms with Crippen LogP contribution in [-0.4, -0.2) is 61.8 Å². The number of fused-ring (bicyclic) bond motifs is 2. The summed E-state index contributed by atoms with van der Waals surface area (Å²) in [7, 11) is 0. The molecule has 132 valence electrons. The molecule has 2 aliphatic heterocycles. The van der Waals surface area contributed by atoms with Crippen molar-refractivity contribution < 1.29 is 4.79 Å². The lowest BCUT2D eigenvalue weighted by Crippen LogP contribution is -2.33. The van der Waals surface area contributed by atoms with E-state index in [1.54, 1.807) is 23.2 Å². The van der Waals surface area contributed by atoms with E-state index in [1.165, 1.54) is 0 Å². The Labute approximate surface area is 158 Å². The van der Waals surface area contributed by atoms with Crippen LogP contribution in [0.25, 0.3) is 5.65 Å². The highest BCUT2D eigenvalue weighted by atomic mass is 79.9. The fourth-order valence-electron chi connectivity index (χ4n) is 3.94. The van der Waals surface area contributed by atoms with Gasteiger partial charge in [-0.2, -0.15) is 4.52 Å². The van der Waals surface area contributed by atoms with E-state index in [1.807, 2.05) is 23.1 Å². The number of amides is 1. The molecule has 26 heavy (non-hydrogen) atoms. The maximum absolute atomic E-state index is 12.7. The second-order valence-corrected chi connectivity index (χ2v) is 7.77. The predicted octanol–water partition coefficient (Wildman–Crippen LogP) is 1.49. The molecule has 0 aromatic carbocycles. The summed E-state index contributed by atoms with van der Waals surface area (Å²) in [6.45, 7) is 3.38. The second-order valence-electron chi connectivity index (χ2n) is 6.85. The van der Waals surface area contributed by atoms with Crippen LogP contribution in [-0.2, 0) is 0 Å². The Morgan fingerprint density at radius 1 is 1.12 bits per heavy atom. The van der Waals surface area contributed by atoms with Gasteiger partial charge in [-0.3, -0.25) is 9.78 Å². The summed E-state index contributed by atoms with van der Waals surface area (Å²) in [4.78, 5) is 21.1. The number of carbonyl (C=O) groups excluding carboxylic acids is 1. The van der Waals surface area contributed by atoms with Crippen molar-refractivity contribution in [1.29, 1.82) is 0 Å². The minimum atomic E-state index is 0.0591. The van der Waals surface area contributed by atoms with Gasteiger partial charge in [-0.1, -0.05) is 0 Å². The van der Waals surface area contributed by atoms with Crippen LogP contribution in [0.5, 0.6) is 0 Å². The smallest absolute Gasteiger partial charge is 0.255 e. The summed E-state index contributed by atoms with van der Waals surface area (Å²) < 4.78 is 2.52. The monoisotopic (exact) mass is 413 g/mol. The fourth-order valence-corrected chi connectivity index (χ4v) is 4.31. The molecule has 3 aromatic rings. The van der Waals surface area contributed by atoms with E-state index in [0.29, 0.717) is 17.4 Å². The molecule has 0 N–H and O–H groups in total. The van der Waals surface area contributed by atoms with Crippen LogP contribution in [0, 0.1) is 11.8 Å². The Balaban J connectivity index is 1.29. The molecule has 3 aromatic heterocycles. The lowest BCUT2D eigenvalue weighted by Gasteiger charge is -2.22. The topological polar surface area (TPSA) is 79.5 Å². The van der Waals surface area contributed by atoms with Gasteiger partial charge in [0.15, 0.2) is 5.65 Å². The lowest BCUT2D eigenvalue weighted by molar-refractivity contribution is 0.0782. The zero-order valence-corrected chi connectivity index (χ0v) is 15.4. The summed E-state index contributed by atoms with van der Waals surface area (Å²) in [5, 5.41) is 12.4. The van der Waals surface area contributed by atoms with Crippen LogP contribution in [0.4, 0.5) is 5.82 Å². The van der Waals surface area contributed by atoms with Crippen LogP contribution in [0.15, 0.2) is 41.4 Å². The van der Waals surface area contributed by atoms with E-state index >= 15 is 0 Å². The maximum Gasteiger partial charge on any atom is 0.255 e. The number of hydrogen-bond donors (Lipinski definition) is 0. The Bertz CT molecular complexity index is 976. The van der Waals surface area contributed by atoms with Gasteiger partial charge in [-0.25, -0.2) is 0 Å². The fraction of sp³-hybridized carbons (Fsp3) is 0.353. The van der Waals surface area contributed by atoms with Crippen molar-refractivity contribution in [3.8, 4) is 0 Å². The molecule has 1 amide bonds. The third kappa shape index (κ3) is 2.63. The van der Waals surface area contributed by atoms with E-state index in [9.17, 15) is 4.79 Å². The van der Waals surface area contributed by atoms with Gasteiger partial charge < -0.3 is 9.80 Å². The molecule has 2 fully saturated rings. The summed E-state index contributed by atoms with van der Waals surface area (Å²) in [6, 6.07) is 5.74. The minimum absolute atomic E-state index is 0.0591. The summed E-state index contributed by atoms with van der Waals surface area (Å²) in [5.41, 5.74) is 1.38. The van der Waals surface area contributed by atoms with Crippen LogP contribution >= 0.6 is 15.9 Å². The number of likely N-dealkylation sites (tertiary alicyclic amines) is 1. The van der Waals surface area contributed by atoms with Crippen molar-refractivity contribution in [2.45, 2.75) is 0 Å². The van der Waals surface area contributed by atoms with Crippen molar-refractivity contribution >= 4 is 33.3 Å². The number of carbonyl (C=O) groups is 1. The molecule has 2 aliphatic rings. The number of hydrogen-bond acceptors (Lipinski definition) is 6. The predicted molar refractivity (Wildman–Crippen MR) is 97.8 cm³/mol. The molecule has 2 saturated heterocycles. The zero-order chi connectivity index (χ0) is 17.7. The van der Waals surface area contributed by atoms with Gasteiger partial charge in [0.25, 0.3) is 5.91 Å². The lowest BCUT2D eigenvalue weighted by atomic mass is 10.0. The average Bonchev–Trinajstić information content (AvgIpc) is 3.34. The Morgan fingerprint density at radius 3 is 2.69 bits per heavy atom. The SMILES string of the molecule is O=C(c1cncc(Br)c1)N1CC2CN(c3ccc4nncn4n3)CC2C1. The molecule has 0 radical (unpaired) electrons. The van der Waals surface area contributed by atoms with Gasteiger partial charge >= 0.3 is 0 Å². The van der Waals surface area contributed by atoms with Crippen molar-refractivity contribution in [3.63, 3.8) is 0 Å². The molecule has 2 unspecified atom stereocenters. The van der Waals surface area contributed by atoms with Gasteiger partial charge in [0.2, 0.25) is 0 Å². The Morgan fingerprint density at radius 2 is 1.92 bits per heavy atom.